The Bertz CT molecular complexity index is 393. The number of aryl methyl sites for hydroxylation is 1. The first-order valence-corrected chi connectivity index (χ1v) is 6.05. The van der Waals surface area contributed by atoms with Crippen molar-refractivity contribution < 1.29 is 9.47 Å². The second-order valence-electron chi connectivity index (χ2n) is 4.14. The van der Waals surface area contributed by atoms with Crippen LogP contribution in [0.1, 0.15) is 30.4 Å². The Balaban J connectivity index is 3.31. The average molecular weight is 258 g/mol. The molecule has 0 radical (unpaired) electrons. The molecule has 1 aromatic carbocycles. The van der Waals surface area contributed by atoms with Gasteiger partial charge in [-0.25, -0.2) is 0 Å². The van der Waals surface area contributed by atoms with Crippen molar-refractivity contribution in [2.24, 2.45) is 5.73 Å². The Morgan fingerprint density at radius 1 is 1.29 bits per heavy atom. The molecule has 1 atom stereocenters. The summed E-state index contributed by atoms with van der Waals surface area (Å²) in [5, 5.41) is 0.536. The fourth-order valence-electron chi connectivity index (χ4n) is 2.00. The number of benzene rings is 1. The van der Waals surface area contributed by atoms with Gasteiger partial charge in [-0.3, -0.25) is 0 Å². The summed E-state index contributed by atoms with van der Waals surface area (Å²) >= 11 is 6.28. The zero-order valence-electron chi connectivity index (χ0n) is 10.8. The maximum Gasteiger partial charge on any atom is 0.144 e. The quantitative estimate of drug-likeness (QED) is 0.882. The molecule has 0 aliphatic rings. The number of hydrogen-bond donors (Lipinski definition) is 1. The third-order valence-electron chi connectivity index (χ3n) is 2.93. The number of methoxy groups -OCH3 is 2. The van der Waals surface area contributed by atoms with Gasteiger partial charge in [0, 0.05) is 0 Å². The van der Waals surface area contributed by atoms with Crippen LogP contribution in [0.4, 0.5) is 0 Å². The molecular weight excluding hydrogens is 238 g/mol. The molecule has 3 nitrogen and oxygen atoms in total. The molecular formula is C13H20ClNO2. The highest BCUT2D eigenvalue weighted by molar-refractivity contribution is 6.33. The molecule has 1 unspecified atom stereocenters. The molecule has 0 aliphatic carbocycles. The standard InChI is InChI=1S/C13H20ClNO2/c1-8(5-6-15)10-7-9(2)12(16-3)11(14)13(10)17-4/h7-8H,5-6,15H2,1-4H3. The van der Waals surface area contributed by atoms with Crippen molar-refractivity contribution in [1.29, 1.82) is 0 Å². The van der Waals surface area contributed by atoms with Crippen LogP contribution in [0.25, 0.3) is 0 Å². The highest BCUT2D eigenvalue weighted by Crippen LogP contribution is 2.42. The monoisotopic (exact) mass is 257 g/mol. The van der Waals surface area contributed by atoms with Gasteiger partial charge in [0.05, 0.1) is 14.2 Å². The number of rotatable bonds is 5. The first-order chi connectivity index (χ1) is 8.06. The smallest absolute Gasteiger partial charge is 0.144 e. The number of hydrogen-bond acceptors (Lipinski definition) is 3. The first kappa shape index (κ1) is 14.1. The molecule has 0 saturated heterocycles. The molecule has 17 heavy (non-hydrogen) atoms. The lowest BCUT2D eigenvalue weighted by molar-refractivity contribution is 0.387. The van der Waals surface area contributed by atoms with Crippen molar-refractivity contribution in [2.75, 3.05) is 20.8 Å². The number of halogens is 1. The van der Waals surface area contributed by atoms with Gasteiger partial charge in [0.15, 0.2) is 0 Å². The summed E-state index contributed by atoms with van der Waals surface area (Å²) < 4.78 is 10.7. The first-order valence-electron chi connectivity index (χ1n) is 5.67. The van der Waals surface area contributed by atoms with Crippen LogP contribution in [-0.4, -0.2) is 20.8 Å². The molecule has 4 heteroatoms. The summed E-state index contributed by atoms with van der Waals surface area (Å²) in [6, 6.07) is 2.06. The van der Waals surface area contributed by atoms with Crippen molar-refractivity contribution in [3.63, 3.8) is 0 Å². The molecule has 0 heterocycles. The van der Waals surface area contributed by atoms with Crippen molar-refractivity contribution in [3.8, 4) is 11.5 Å². The van der Waals surface area contributed by atoms with Gasteiger partial charge >= 0.3 is 0 Å². The van der Waals surface area contributed by atoms with Crippen LogP contribution in [-0.2, 0) is 0 Å². The fraction of sp³-hybridized carbons (Fsp3) is 0.538. The second-order valence-corrected chi connectivity index (χ2v) is 4.52. The summed E-state index contributed by atoms with van der Waals surface area (Å²) in [4.78, 5) is 0. The average Bonchev–Trinajstić information content (AvgIpc) is 2.29. The van der Waals surface area contributed by atoms with Gasteiger partial charge in [-0.2, -0.15) is 0 Å². The topological polar surface area (TPSA) is 44.5 Å². The van der Waals surface area contributed by atoms with Gasteiger partial charge < -0.3 is 15.2 Å². The minimum absolute atomic E-state index is 0.317. The van der Waals surface area contributed by atoms with Crippen LogP contribution in [0.2, 0.25) is 5.02 Å². The zero-order valence-corrected chi connectivity index (χ0v) is 11.6. The summed E-state index contributed by atoms with van der Waals surface area (Å²) in [5.41, 5.74) is 7.69. The van der Waals surface area contributed by atoms with Crippen molar-refractivity contribution >= 4 is 11.6 Å². The van der Waals surface area contributed by atoms with E-state index in [-0.39, 0.29) is 0 Å². The van der Waals surface area contributed by atoms with E-state index in [1.54, 1.807) is 14.2 Å². The van der Waals surface area contributed by atoms with Gasteiger partial charge in [0.1, 0.15) is 16.5 Å². The molecule has 0 fully saturated rings. The number of ether oxygens (including phenoxy) is 2. The molecule has 0 aromatic heterocycles. The van der Waals surface area contributed by atoms with E-state index >= 15 is 0 Å². The summed E-state index contributed by atoms with van der Waals surface area (Å²) in [7, 11) is 3.23. The Morgan fingerprint density at radius 2 is 1.88 bits per heavy atom. The van der Waals surface area contributed by atoms with Gasteiger partial charge in [-0.15, -0.1) is 0 Å². The van der Waals surface area contributed by atoms with Gasteiger partial charge in [-0.05, 0) is 43.0 Å². The van der Waals surface area contributed by atoms with Crippen LogP contribution in [0.5, 0.6) is 11.5 Å². The molecule has 0 amide bonds. The van der Waals surface area contributed by atoms with Crippen LogP contribution in [0, 0.1) is 6.92 Å². The molecule has 0 aliphatic heterocycles. The van der Waals surface area contributed by atoms with E-state index in [1.165, 1.54) is 0 Å². The minimum atomic E-state index is 0.317. The minimum Gasteiger partial charge on any atom is -0.495 e. The van der Waals surface area contributed by atoms with E-state index in [9.17, 15) is 0 Å². The number of nitrogens with two attached hydrogens (primary N) is 1. The van der Waals surface area contributed by atoms with E-state index in [0.29, 0.717) is 29.0 Å². The predicted molar refractivity (Wildman–Crippen MR) is 71.4 cm³/mol. The largest absolute Gasteiger partial charge is 0.495 e. The zero-order chi connectivity index (χ0) is 13.0. The van der Waals surface area contributed by atoms with Crippen molar-refractivity contribution in [2.45, 2.75) is 26.2 Å². The maximum atomic E-state index is 6.28. The van der Waals surface area contributed by atoms with Crippen LogP contribution in [0.15, 0.2) is 6.07 Å². The van der Waals surface area contributed by atoms with E-state index in [0.717, 1.165) is 17.5 Å². The molecule has 2 N–H and O–H groups in total. The highest BCUT2D eigenvalue weighted by Gasteiger charge is 2.19. The third kappa shape index (κ3) is 2.85. The summed E-state index contributed by atoms with van der Waals surface area (Å²) in [5.74, 6) is 1.68. The molecule has 0 saturated carbocycles. The SMILES string of the molecule is COc1c(C)cc(C(C)CCN)c(OC)c1Cl. The predicted octanol–water partition coefficient (Wildman–Crippen LogP) is 3.12. The molecule has 96 valence electrons. The fourth-order valence-corrected chi connectivity index (χ4v) is 2.41. The van der Waals surface area contributed by atoms with E-state index in [4.69, 9.17) is 26.8 Å². The van der Waals surface area contributed by atoms with E-state index in [2.05, 4.69) is 13.0 Å². The normalized spacial score (nSPS) is 12.4. The second kappa shape index (κ2) is 6.12. The Hall–Kier alpha value is -0.930. The molecule has 0 spiro atoms. The van der Waals surface area contributed by atoms with Gasteiger partial charge in [-0.1, -0.05) is 18.5 Å². The maximum absolute atomic E-state index is 6.28. The van der Waals surface area contributed by atoms with E-state index in [1.807, 2.05) is 6.92 Å². The van der Waals surface area contributed by atoms with Crippen LogP contribution in [0.3, 0.4) is 0 Å². The lowest BCUT2D eigenvalue weighted by Gasteiger charge is -2.19. The van der Waals surface area contributed by atoms with Gasteiger partial charge in [0.25, 0.3) is 0 Å². The lowest BCUT2D eigenvalue weighted by atomic mass is 9.95. The molecule has 1 aromatic rings. The molecule has 1 rings (SSSR count). The Morgan fingerprint density at radius 3 is 2.35 bits per heavy atom. The van der Waals surface area contributed by atoms with Crippen molar-refractivity contribution in [3.05, 3.63) is 22.2 Å². The Labute approximate surface area is 108 Å². The highest BCUT2D eigenvalue weighted by atomic mass is 35.5. The van der Waals surface area contributed by atoms with Crippen LogP contribution >= 0.6 is 11.6 Å². The molecule has 0 bridgehead atoms. The summed E-state index contributed by atoms with van der Waals surface area (Å²) in [6.45, 7) is 4.74. The lowest BCUT2D eigenvalue weighted by Crippen LogP contribution is -2.07. The van der Waals surface area contributed by atoms with Crippen LogP contribution < -0.4 is 15.2 Å². The third-order valence-corrected chi connectivity index (χ3v) is 3.27. The van der Waals surface area contributed by atoms with E-state index < -0.39 is 0 Å². The van der Waals surface area contributed by atoms with Gasteiger partial charge in [0.2, 0.25) is 0 Å². The Kier molecular flexibility index (Phi) is 5.09. The van der Waals surface area contributed by atoms with Crippen molar-refractivity contribution in [1.82, 2.24) is 0 Å². The summed E-state index contributed by atoms with van der Waals surface area (Å²) in [6.07, 6.45) is 0.901.